The van der Waals surface area contributed by atoms with Crippen molar-refractivity contribution in [1.82, 2.24) is 0 Å². The van der Waals surface area contributed by atoms with Gasteiger partial charge in [-0.3, -0.25) is 10.0 Å². The number of carbonyl (C=O) groups excluding carboxylic acids is 2. The van der Waals surface area contributed by atoms with Crippen molar-refractivity contribution in [3.63, 3.8) is 0 Å². The van der Waals surface area contributed by atoms with Gasteiger partial charge in [0, 0.05) is 10.9 Å². The third-order valence-corrected chi connectivity index (χ3v) is 4.76. The lowest BCUT2D eigenvalue weighted by Gasteiger charge is -2.21. The van der Waals surface area contributed by atoms with Crippen molar-refractivity contribution in [3.05, 3.63) is 87.3 Å². The summed E-state index contributed by atoms with van der Waals surface area (Å²) in [4.78, 5) is 26.0. The quantitative estimate of drug-likeness (QED) is 0.200. The molecule has 0 saturated heterocycles. The maximum absolute atomic E-state index is 12.6. The maximum Gasteiger partial charge on any atom is 0.343 e. The Morgan fingerprint density at radius 2 is 1.90 bits per heavy atom. The summed E-state index contributed by atoms with van der Waals surface area (Å²) in [5, 5.41) is 21.3. The van der Waals surface area contributed by atoms with E-state index in [0.717, 1.165) is 4.88 Å². The van der Waals surface area contributed by atoms with Gasteiger partial charge in [-0.05, 0) is 60.0 Å². The predicted octanol–water partition coefficient (Wildman–Crippen LogP) is 4.57. The molecule has 0 aliphatic carbocycles. The molecule has 7 nitrogen and oxygen atoms in total. The number of benzene rings is 2. The van der Waals surface area contributed by atoms with Crippen molar-refractivity contribution in [2.24, 2.45) is 0 Å². The Hall–Kier alpha value is -3.46. The van der Waals surface area contributed by atoms with E-state index in [9.17, 15) is 14.8 Å². The predicted molar refractivity (Wildman–Crippen MR) is 110 cm³/mol. The molecule has 0 bridgehead atoms. The van der Waals surface area contributed by atoms with Gasteiger partial charge in [0.1, 0.15) is 11.5 Å². The summed E-state index contributed by atoms with van der Waals surface area (Å²) in [6.07, 6.45) is 3.09. The van der Waals surface area contributed by atoms with Gasteiger partial charge in [-0.25, -0.2) is 4.79 Å². The fourth-order valence-corrected chi connectivity index (χ4v) is 3.05. The summed E-state index contributed by atoms with van der Waals surface area (Å²) >= 11 is 1.49. The van der Waals surface area contributed by atoms with E-state index in [4.69, 9.17) is 14.7 Å². The standard InChI is InChI=1S/C21H16NO6S/c1-27-16-8-10-18(19(23)11-9-17-3-2-12-29-17)20(13-16)28-21(24)14-4-6-15(7-5-14)22(25)26/h2-13,25H,1H3/q-1. The zero-order valence-electron chi connectivity index (χ0n) is 15.3. The van der Waals surface area contributed by atoms with Gasteiger partial charge in [0.2, 0.25) is 0 Å². The average Bonchev–Trinajstić information content (AvgIpc) is 3.25. The molecule has 8 heteroatoms. The summed E-state index contributed by atoms with van der Waals surface area (Å²) in [5.41, 5.74) is 0.313. The van der Waals surface area contributed by atoms with E-state index in [1.165, 1.54) is 60.9 Å². The normalized spacial score (nSPS) is 10.7. The average molecular weight is 410 g/mol. The number of hydrogen-bond acceptors (Lipinski definition) is 8. The third-order valence-electron chi connectivity index (χ3n) is 3.92. The molecule has 148 valence electrons. The van der Waals surface area contributed by atoms with Gasteiger partial charge < -0.3 is 19.9 Å². The Morgan fingerprint density at radius 3 is 2.52 bits per heavy atom. The molecule has 1 aromatic heterocycles. The second-order valence-corrected chi connectivity index (χ2v) is 6.76. The summed E-state index contributed by atoms with van der Waals surface area (Å²) < 4.78 is 10.6. The van der Waals surface area contributed by atoms with Crippen LogP contribution in [0.4, 0.5) is 5.69 Å². The number of methoxy groups -OCH3 is 1. The fourth-order valence-electron chi connectivity index (χ4n) is 2.44. The molecular formula is C21H16NO6S-. The van der Waals surface area contributed by atoms with Gasteiger partial charge in [0.05, 0.1) is 23.9 Å². The van der Waals surface area contributed by atoms with Crippen LogP contribution in [0.2, 0.25) is 0 Å². The molecule has 0 unspecified atom stereocenters. The lowest BCUT2D eigenvalue weighted by atomic mass is 10.1. The number of rotatable bonds is 7. The first-order valence-electron chi connectivity index (χ1n) is 8.40. The molecule has 1 N–H and O–H groups in total. The van der Waals surface area contributed by atoms with E-state index in [-0.39, 0.29) is 33.6 Å². The second kappa shape index (κ2) is 9.16. The van der Waals surface area contributed by atoms with Crippen LogP contribution in [0, 0.1) is 5.21 Å². The molecule has 29 heavy (non-hydrogen) atoms. The van der Waals surface area contributed by atoms with E-state index in [1.807, 2.05) is 17.5 Å². The topological polar surface area (TPSA) is 99.1 Å². The van der Waals surface area contributed by atoms with E-state index < -0.39 is 5.97 Å². The number of thiophene rings is 1. The molecule has 0 radical (unpaired) electrons. The smallest absolute Gasteiger partial charge is 0.343 e. The van der Waals surface area contributed by atoms with Gasteiger partial charge >= 0.3 is 5.97 Å². The Kier molecular flexibility index (Phi) is 6.40. The summed E-state index contributed by atoms with van der Waals surface area (Å²) in [6.45, 7) is 0. The fraction of sp³-hybridized carbons (Fsp3) is 0.0476. The Morgan fingerprint density at radius 1 is 1.14 bits per heavy atom. The van der Waals surface area contributed by atoms with E-state index in [1.54, 1.807) is 12.1 Å². The van der Waals surface area contributed by atoms with Crippen LogP contribution in [0.5, 0.6) is 11.5 Å². The summed E-state index contributed by atoms with van der Waals surface area (Å²) in [5.74, 6) is -0.589. The van der Waals surface area contributed by atoms with Crippen LogP contribution in [-0.4, -0.2) is 24.1 Å². The van der Waals surface area contributed by atoms with Crippen LogP contribution in [-0.2, 0) is 0 Å². The lowest BCUT2D eigenvalue weighted by Crippen LogP contribution is -2.12. The van der Waals surface area contributed by atoms with E-state index in [0.29, 0.717) is 5.75 Å². The van der Waals surface area contributed by atoms with E-state index >= 15 is 0 Å². The minimum Gasteiger partial charge on any atom is -0.733 e. The van der Waals surface area contributed by atoms with Crippen LogP contribution in [0.1, 0.15) is 25.6 Å². The van der Waals surface area contributed by atoms with Crippen molar-refractivity contribution in [1.29, 1.82) is 0 Å². The zero-order valence-corrected chi connectivity index (χ0v) is 16.1. The number of hydrogen-bond donors (Lipinski definition) is 1. The van der Waals surface area contributed by atoms with Crippen molar-refractivity contribution >= 4 is 34.9 Å². The largest absolute Gasteiger partial charge is 0.733 e. The molecule has 2 aromatic carbocycles. The van der Waals surface area contributed by atoms with Crippen LogP contribution >= 0.6 is 11.3 Å². The summed E-state index contributed by atoms with van der Waals surface area (Å²) in [6, 6.07) is 13.5. The molecule has 0 atom stereocenters. The number of allylic oxidation sites excluding steroid dienone is 1. The Bertz CT molecular complexity index is 1030. The molecular weight excluding hydrogens is 394 g/mol. The highest BCUT2D eigenvalue weighted by molar-refractivity contribution is 7.10. The Balaban J connectivity index is 1.84. The van der Waals surface area contributed by atoms with Crippen molar-refractivity contribution in [2.75, 3.05) is 12.3 Å². The number of anilines is 1. The van der Waals surface area contributed by atoms with Crippen LogP contribution in [0.3, 0.4) is 0 Å². The van der Waals surface area contributed by atoms with Crippen molar-refractivity contribution in [2.45, 2.75) is 0 Å². The van der Waals surface area contributed by atoms with Gasteiger partial charge in [-0.2, -0.15) is 0 Å². The molecule has 0 spiro atoms. The number of ketones is 1. The number of ether oxygens (including phenoxy) is 2. The molecule has 3 rings (SSSR count). The zero-order chi connectivity index (χ0) is 20.8. The number of carbonyl (C=O) groups is 2. The van der Waals surface area contributed by atoms with Crippen molar-refractivity contribution in [3.8, 4) is 11.5 Å². The van der Waals surface area contributed by atoms with Gasteiger partial charge in [0.15, 0.2) is 5.78 Å². The first-order chi connectivity index (χ1) is 14.0. The SMILES string of the molecule is COc1ccc(C(=O)C=Cc2cccs2)c(OC(=O)c2ccc(N([O-])O)cc2)c1. The first kappa shape index (κ1) is 20.3. The highest BCUT2D eigenvalue weighted by atomic mass is 32.1. The maximum atomic E-state index is 12.6. The van der Waals surface area contributed by atoms with Gasteiger partial charge in [-0.15, -0.1) is 11.3 Å². The Labute approximate surface area is 170 Å². The number of nitrogens with zero attached hydrogens (tertiary/aromatic N) is 1. The van der Waals surface area contributed by atoms with Gasteiger partial charge in [0.25, 0.3) is 0 Å². The van der Waals surface area contributed by atoms with Crippen molar-refractivity contribution < 1.29 is 24.3 Å². The molecule has 3 aromatic rings. The lowest BCUT2D eigenvalue weighted by molar-refractivity contribution is 0.0732. The second-order valence-electron chi connectivity index (χ2n) is 5.78. The molecule has 0 aliphatic heterocycles. The minimum atomic E-state index is -0.725. The minimum absolute atomic E-state index is 0.0301. The molecule has 0 aliphatic rings. The first-order valence-corrected chi connectivity index (χ1v) is 9.28. The molecule has 0 fully saturated rings. The monoisotopic (exact) mass is 410 g/mol. The van der Waals surface area contributed by atoms with E-state index in [2.05, 4.69) is 0 Å². The third kappa shape index (κ3) is 5.08. The molecule has 1 heterocycles. The number of esters is 1. The van der Waals surface area contributed by atoms with Crippen LogP contribution in [0.25, 0.3) is 6.08 Å². The van der Waals surface area contributed by atoms with Crippen LogP contribution < -0.4 is 14.7 Å². The molecule has 0 saturated carbocycles. The summed E-state index contributed by atoms with van der Waals surface area (Å²) in [7, 11) is 1.46. The highest BCUT2D eigenvalue weighted by Crippen LogP contribution is 2.27. The van der Waals surface area contributed by atoms with Gasteiger partial charge in [-0.1, -0.05) is 6.07 Å². The highest BCUT2D eigenvalue weighted by Gasteiger charge is 2.16. The molecule has 0 amide bonds. The van der Waals surface area contributed by atoms with Crippen LogP contribution in [0.15, 0.2) is 66.1 Å².